The van der Waals surface area contributed by atoms with E-state index in [-0.39, 0.29) is 11.3 Å². The Balaban J connectivity index is 1.85. The van der Waals surface area contributed by atoms with E-state index in [9.17, 15) is 24.6 Å². The van der Waals surface area contributed by atoms with Crippen LogP contribution in [-0.4, -0.2) is 33.5 Å². The van der Waals surface area contributed by atoms with E-state index in [0.29, 0.717) is 15.7 Å². The number of amides is 2. The summed E-state index contributed by atoms with van der Waals surface area (Å²) in [7, 11) is 0. The molecule has 2 aromatic carbocycles. The smallest absolute Gasteiger partial charge is 0.324 e. The number of nitrogens with zero attached hydrogens (tertiary/aromatic N) is 1. The minimum atomic E-state index is -1.71. The molecule has 2 fully saturated rings. The molecule has 150 valence electrons. The molecule has 9 heteroatoms. The molecule has 2 aliphatic rings. The van der Waals surface area contributed by atoms with Gasteiger partial charge < -0.3 is 10.2 Å². The number of aliphatic carboxylic acids is 1. The molecule has 4 atom stereocenters. The molecule has 29 heavy (non-hydrogen) atoms. The number of fused-ring (bicyclic) bond motifs is 1. The summed E-state index contributed by atoms with van der Waals surface area (Å²) in [6, 6.07) is 9.53. The number of imide groups is 1. The molecule has 0 bridgehead atoms. The van der Waals surface area contributed by atoms with Crippen LogP contribution < -0.4 is 10.2 Å². The molecule has 2 saturated heterocycles. The topological polar surface area (TPSA) is 107 Å². The fraction of sp³-hybridized carbons (Fsp3) is 0.250. The van der Waals surface area contributed by atoms with Gasteiger partial charge in [0.1, 0.15) is 11.3 Å². The van der Waals surface area contributed by atoms with Crippen LogP contribution in [0.4, 0.5) is 5.69 Å². The van der Waals surface area contributed by atoms with Gasteiger partial charge in [0.05, 0.1) is 17.5 Å². The van der Waals surface area contributed by atoms with Crippen LogP contribution in [0.5, 0.6) is 5.75 Å². The number of carbonyl (C=O) groups excluding carboxylic acids is 2. The highest BCUT2D eigenvalue weighted by Gasteiger charge is 2.67. The Morgan fingerprint density at radius 3 is 2.31 bits per heavy atom. The van der Waals surface area contributed by atoms with E-state index in [2.05, 4.69) is 5.32 Å². The Bertz CT molecular complexity index is 1040. The van der Waals surface area contributed by atoms with Crippen LogP contribution in [0, 0.1) is 11.8 Å². The second-order valence-corrected chi connectivity index (χ2v) is 8.20. The van der Waals surface area contributed by atoms with Gasteiger partial charge in [0.2, 0.25) is 11.8 Å². The highest BCUT2D eigenvalue weighted by atomic mass is 35.5. The summed E-state index contributed by atoms with van der Waals surface area (Å²) in [6.45, 7) is 1.37. The van der Waals surface area contributed by atoms with Crippen molar-refractivity contribution in [2.75, 3.05) is 4.90 Å². The number of rotatable bonds is 3. The van der Waals surface area contributed by atoms with Gasteiger partial charge in [-0.1, -0.05) is 23.2 Å². The SMILES string of the molecule is C[C@]1(C(=O)O)N[C@H](c2cc(Cl)ccc2O)[C@H]2C(=O)N(c3ccc(Cl)cc3)C(=O)[C@@H]21. The standard InChI is InChI=1S/C20H16Cl2N2O5/c1-20(19(28)29)15-14(16(23-20)12-8-10(22)4-7-13(12)25)17(26)24(18(15)27)11-5-2-9(21)3-6-11/h2-8,14-16,23,25H,1H3,(H,28,29)/t14-,15+,16+,20-/m0/s1. The number of nitrogens with one attached hydrogen (secondary N) is 1. The van der Waals surface area contributed by atoms with E-state index in [1.807, 2.05) is 0 Å². The first kappa shape index (κ1) is 19.7. The molecule has 0 unspecified atom stereocenters. The van der Waals surface area contributed by atoms with Crippen molar-refractivity contribution in [3.05, 3.63) is 58.1 Å². The summed E-state index contributed by atoms with van der Waals surface area (Å²) in [5, 5.41) is 23.8. The molecular formula is C20H16Cl2N2O5. The lowest BCUT2D eigenvalue weighted by molar-refractivity contribution is -0.147. The van der Waals surface area contributed by atoms with Crippen molar-refractivity contribution in [2.45, 2.75) is 18.5 Å². The van der Waals surface area contributed by atoms with Gasteiger partial charge in [-0.3, -0.25) is 19.7 Å². The van der Waals surface area contributed by atoms with Gasteiger partial charge in [-0.2, -0.15) is 0 Å². The quantitative estimate of drug-likeness (QED) is 0.640. The fourth-order valence-corrected chi connectivity index (χ4v) is 4.53. The zero-order valence-corrected chi connectivity index (χ0v) is 16.6. The Morgan fingerprint density at radius 1 is 1.07 bits per heavy atom. The maximum absolute atomic E-state index is 13.3. The van der Waals surface area contributed by atoms with Gasteiger partial charge in [0.25, 0.3) is 0 Å². The summed E-state index contributed by atoms with van der Waals surface area (Å²) >= 11 is 11.9. The number of carboxylic acids is 1. The zero-order chi connectivity index (χ0) is 21.1. The molecule has 0 radical (unpaired) electrons. The third-order valence-corrected chi connectivity index (χ3v) is 6.13. The number of halogens is 2. The maximum atomic E-state index is 13.3. The predicted octanol–water partition coefficient (Wildman–Crippen LogP) is 2.99. The lowest BCUT2D eigenvalue weighted by Crippen LogP contribution is -2.53. The monoisotopic (exact) mass is 434 g/mol. The molecule has 2 aromatic rings. The highest BCUT2D eigenvalue weighted by molar-refractivity contribution is 6.31. The third-order valence-electron chi connectivity index (χ3n) is 5.64. The molecule has 4 rings (SSSR count). The number of benzene rings is 2. The molecule has 0 saturated carbocycles. The molecule has 2 heterocycles. The van der Waals surface area contributed by atoms with Gasteiger partial charge in [0, 0.05) is 21.7 Å². The van der Waals surface area contributed by atoms with Crippen molar-refractivity contribution in [2.24, 2.45) is 11.8 Å². The molecule has 3 N–H and O–H groups in total. The second kappa shape index (κ2) is 6.73. The van der Waals surface area contributed by atoms with E-state index in [1.54, 1.807) is 12.1 Å². The predicted molar refractivity (Wildman–Crippen MR) is 106 cm³/mol. The van der Waals surface area contributed by atoms with Gasteiger partial charge in [0.15, 0.2) is 0 Å². The molecule has 0 aromatic heterocycles. The van der Waals surface area contributed by atoms with E-state index in [4.69, 9.17) is 23.2 Å². The van der Waals surface area contributed by atoms with Gasteiger partial charge >= 0.3 is 5.97 Å². The van der Waals surface area contributed by atoms with Crippen LogP contribution in [0.3, 0.4) is 0 Å². The maximum Gasteiger partial charge on any atom is 0.324 e. The van der Waals surface area contributed by atoms with Crippen molar-refractivity contribution < 1.29 is 24.6 Å². The third kappa shape index (κ3) is 2.88. The van der Waals surface area contributed by atoms with Crippen LogP contribution in [-0.2, 0) is 14.4 Å². The van der Waals surface area contributed by atoms with Gasteiger partial charge in [-0.05, 0) is 49.4 Å². The minimum absolute atomic E-state index is 0.148. The summed E-state index contributed by atoms with van der Waals surface area (Å²) in [6.07, 6.45) is 0. The molecule has 2 amide bonds. The molecule has 7 nitrogen and oxygen atoms in total. The largest absolute Gasteiger partial charge is 0.508 e. The summed E-state index contributed by atoms with van der Waals surface area (Å²) in [5.74, 6) is -4.77. The molecular weight excluding hydrogens is 419 g/mol. The van der Waals surface area contributed by atoms with Crippen molar-refractivity contribution in [1.29, 1.82) is 0 Å². The lowest BCUT2D eigenvalue weighted by atomic mass is 9.80. The highest BCUT2D eigenvalue weighted by Crippen LogP contribution is 2.51. The number of anilines is 1. The van der Waals surface area contributed by atoms with Gasteiger partial charge in [-0.15, -0.1) is 0 Å². The first-order valence-corrected chi connectivity index (χ1v) is 9.53. The average Bonchev–Trinajstić information content (AvgIpc) is 3.13. The van der Waals surface area contributed by atoms with Crippen LogP contribution in [0.2, 0.25) is 10.0 Å². The Morgan fingerprint density at radius 2 is 1.69 bits per heavy atom. The molecule has 2 aliphatic heterocycles. The first-order chi connectivity index (χ1) is 13.6. The van der Waals surface area contributed by atoms with E-state index in [1.165, 1.54) is 37.3 Å². The zero-order valence-electron chi connectivity index (χ0n) is 15.1. The lowest BCUT2D eigenvalue weighted by Gasteiger charge is -2.27. The van der Waals surface area contributed by atoms with Crippen molar-refractivity contribution in [1.82, 2.24) is 5.32 Å². The van der Waals surface area contributed by atoms with Crippen molar-refractivity contribution in [3.63, 3.8) is 0 Å². The average molecular weight is 435 g/mol. The van der Waals surface area contributed by atoms with Crippen LogP contribution in [0.25, 0.3) is 0 Å². The number of carboxylic acid groups (broad SMARTS) is 1. The Hall–Kier alpha value is -2.61. The van der Waals surface area contributed by atoms with E-state index < -0.39 is 41.2 Å². The normalized spacial score (nSPS) is 28.7. The first-order valence-electron chi connectivity index (χ1n) is 8.78. The number of carbonyl (C=O) groups is 3. The van der Waals surface area contributed by atoms with Crippen LogP contribution in [0.15, 0.2) is 42.5 Å². The number of aromatic hydroxyl groups is 1. The second-order valence-electron chi connectivity index (χ2n) is 7.32. The van der Waals surface area contributed by atoms with Gasteiger partial charge in [-0.25, -0.2) is 4.90 Å². The van der Waals surface area contributed by atoms with E-state index in [0.717, 1.165) is 4.90 Å². The van der Waals surface area contributed by atoms with Crippen LogP contribution in [0.1, 0.15) is 18.5 Å². The van der Waals surface area contributed by atoms with Crippen molar-refractivity contribution in [3.8, 4) is 5.75 Å². The Labute approximate surface area is 175 Å². The summed E-state index contributed by atoms with van der Waals surface area (Å²) in [5.41, 5.74) is -1.14. The number of phenols is 1. The minimum Gasteiger partial charge on any atom is -0.508 e. The summed E-state index contributed by atoms with van der Waals surface area (Å²) < 4.78 is 0. The molecule has 0 aliphatic carbocycles. The Kier molecular flexibility index (Phi) is 4.57. The fourth-order valence-electron chi connectivity index (χ4n) is 4.22. The molecule has 0 spiro atoms. The number of hydrogen-bond donors (Lipinski definition) is 3. The van der Waals surface area contributed by atoms with Crippen LogP contribution >= 0.6 is 23.2 Å². The number of hydrogen-bond acceptors (Lipinski definition) is 5. The van der Waals surface area contributed by atoms with E-state index >= 15 is 0 Å². The summed E-state index contributed by atoms with van der Waals surface area (Å²) in [4.78, 5) is 39.6. The van der Waals surface area contributed by atoms with Crippen molar-refractivity contribution >= 4 is 46.7 Å². The number of phenolic OH excluding ortho intramolecular Hbond substituents is 1.